The van der Waals surface area contributed by atoms with Crippen molar-refractivity contribution in [2.24, 2.45) is 0 Å². The van der Waals surface area contributed by atoms with Crippen LogP contribution < -0.4 is 0 Å². The van der Waals surface area contributed by atoms with Gasteiger partial charge in [0.25, 0.3) is 0 Å². The fourth-order valence-corrected chi connectivity index (χ4v) is 5.91. The molecule has 0 aliphatic rings. The third kappa shape index (κ3) is 33.4. The summed E-state index contributed by atoms with van der Waals surface area (Å²) < 4.78 is 0. The molecule has 0 aromatic carbocycles. The summed E-state index contributed by atoms with van der Waals surface area (Å²) in [5, 5.41) is 9.45. The zero-order chi connectivity index (χ0) is 28.3. The van der Waals surface area contributed by atoms with E-state index in [0.717, 1.165) is 13.1 Å². The minimum atomic E-state index is 0.980. The summed E-state index contributed by atoms with van der Waals surface area (Å²) in [6.45, 7) is 6.55. The van der Waals surface area contributed by atoms with Crippen LogP contribution in [0.3, 0.4) is 0 Å². The van der Waals surface area contributed by atoms with E-state index in [1.807, 2.05) is 4.90 Å². The summed E-state index contributed by atoms with van der Waals surface area (Å²) in [5.41, 5.74) is 0. The molecule has 0 spiro atoms. The molecule has 0 saturated heterocycles. The zero-order valence-corrected chi connectivity index (χ0v) is 27.4. The summed E-state index contributed by atoms with van der Waals surface area (Å²) in [6, 6.07) is 0. The van der Waals surface area contributed by atoms with Crippen molar-refractivity contribution < 1.29 is 0 Å². The Balaban J connectivity index is 3.25. The predicted molar refractivity (Wildman–Crippen MR) is 176 cm³/mol. The lowest BCUT2D eigenvalue weighted by Gasteiger charge is -2.15. The predicted octanol–water partition coefficient (Wildman–Crippen LogP) is 13.3. The molecule has 0 fully saturated rings. The second-order valence-electron chi connectivity index (χ2n) is 12.7. The Morgan fingerprint density at radius 3 is 0.667 bits per heavy atom. The van der Waals surface area contributed by atoms with E-state index >= 15 is 0 Å². The minimum absolute atomic E-state index is 0.980. The second-order valence-corrected chi connectivity index (χ2v) is 12.7. The van der Waals surface area contributed by atoms with E-state index < -0.39 is 0 Å². The fraction of sp³-hybridized carbons (Fsp3) is 0.973. The van der Waals surface area contributed by atoms with Crippen LogP contribution in [0.5, 0.6) is 0 Å². The van der Waals surface area contributed by atoms with Crippen molar-refractivity contribution in [3.05, 3.63) is 0 Å². The highest BCUT2D eigenvalue weighted by atomic mass is 15.1. The lowest BCUT2D eigenvalue weighted by molar-refractivity contribution is 0.362. The summed E-state index contributed by atoms with van der Waals surface area (Å²) in [6.07, 6.45) is 47.5. The molecule has 0 aromatic heterocycles. The van der Waals surface area contributed by atoms with Crippen molar-refractivity contribution in [2.75, 3.05) is 13.1 Å². The quantitative estimate of drug-likeness (QED) is 0.0456. The molecular formula is C37H74N2. The number of nitriles is 1. The van der Waals surface area contributed by atoms with Gasteiger partial charge in [0, 0.05) is 13.1 Å². The third-order valence-electron chi connectivity index (χ3n) is 8.70. The largest absolute Gasteiger partial charge is 0.311 e. The number of hydrogen-bond donors (Lipinski definition) is 0. The van der Waals surface area contributed by atoms with Gasteiger partial charge >= 0.3 is 0 Å². The minimum Gasteiger partial charge on any atom is -0.311 e. The van der Waals surface area contributed by atoms with E-state index in [4.69, 9.17) is 0 Å². The number of nitrogens with zero attached hydrogens (tertiary/aromatic N) is 2. The van der Waals surface area contributed by atoms with Gasteiger partial charge in [-0.1, -0.05) is 206 Å². The van der Waals surface area contributed by atoms with Crippen LogP contribution in [0.25, 0.3) is 0 Å². The van der Waals surface area contributed by atoms with Gasteiger partial charge in [0.15, 0.2) is 6.19 Å². The molecule has 0 aromatic rings. The topological polar surface area (TPSA) is 27.0 Å². The van der Waals surface area contributed by atoms with Crippen LogP contribution in [-0.2, 0) is 0 Å². The lowest BCUT2D eigenvalue weighted by atomic mass is 10.0. The smallest absolute Gasteiger partial charge is 0.179 e. The number of unbranched alkanes of at least 4 members (excludes halogenated alkanes) is 30. The summed E-state index contributed by atoms with van der Waals surface area (Å²) in [7, 11) is 0. The summed E-state index contributed by atoms with van der Waals surface area (Å²) in [5.74, 6) is 0. The molecule has 0 atom stereocenters. The molecule has 0 rings (SSSR count). The van der Waals surface area contributed by atoms with E-state index in [0.29, 0.717) is 0 Å². The number of hydrogen-bond acceptors (Lipinski definition) is 2. The molecule has 2 heteroatoms. The molecule has 0 saturated carbocycles. The molecule has 0 heterocycles. The Labute approximate surface area is 248 Å². The van der Waals surface area contributed by atoms with Gasteiger partial charge in [-0.15, -0.1) is 0 Å². The van der Waals surface area contributed by atoms with Crippen LogP contribution in [0.1, 0.15) is 219 Å². The maximum Gasteiger partial charge on any atom is 0.179 e. The van der Waals surface area contributed by atoms with E-state index in [1.54, 1.807) is 0 Å². The second kappa shape index (κ2) is 35.3. The van der Waals surface area contributed by atoms with E-state index in [2.05, 4.69) is 20.0 Å². The lowest BCUT2D eigenvalue weighted by Crippen LogP contribution is -2.20. The third-order valence-corrected chi connectivity index (χ3v) is 8.70. The van der Waals surface area contributed by atoms with Crippen molar-refractivity contribution in [1.29, 1.82) is 5.26 Å². The Morgan fingerprint density at radius 1 is 0.308 bits per heavy atom. The Morgan fingerprint density at radius 2 is 0.487 bits per heavy atom. The monoisotopic (exact) mass is 547 g/mol. The van der Waals surface area contributed by atoms with Crippen molar-refractivity contribution in [1.82, 2.24) is 4.90 Å². The van der Waals surface area contributed by atoms with Crippen molar-refractivity contribution in [2.45, 2.75) is 219 Å². The highest BCUT2D eigenvalue weighted by molar-refractivity contribution is 4.73. The van der Waals surface area contributed by atoms with Crippen LogP contribution in [0.4, 0.5) is 0 Å². The number of rotatable bonds is 34. The summed E-state index contributed by atoms with van der Waals surface area (Å²) in [4.78, 5) is 2.02. The molecule has 0 N–H and O–H groups in total. The molecule has 0 amide bonds. The molecule has 0 radical (unpaired) electrons. The molecule has 0 bridgehead atoms. The molecule has 0 aliphatic carbocycles. The average Bonchev–Trinajstić information content (AvgIpc) is 2.95. The average molecular weight is 547 g/mol. The standard InChI is InChI=1S/C37H74N2/c1-3-5-7-9-11-13-15-17-19-21-23-25-27-29-31-33-35-39(37-38)36-34-32-30-28-26-24-22-20-18-16-14-12-10-8-6-4-2/h3-36H2,1-2H3. The first-order valence-corrected chi connectivity index (χ1v) is 18.5. The Hall–Kier alpha value is -0.710. The van der Waals surface area contributed by atoms with Crippen LogP contribution in [-0.4, -0.2) is 18.0 Å². The first-order valence-electron chi connectivity index (χ1n) is 18.5. The van der Waals surface area contributed by atoms with Gasteiger partial charge in [0.05, 0.1) is 0 Å². The SMILES string of the molecule is CCCCCCCCCCCCCCCCCCN(C#N)CCCCCCCCCCCCCCCCCC. The van der Waals surface area contributed by atoms with Gasteiger partial charge < -0.3 is 4.90 Å². The van der Waals surface area contributed by atoms with Crippen LogP contribution in [0, 0.1) is 11.5 Å². The van der Waals surface area contributed by atoms with Crippen molar-refractivity contribution in [3.8, 4) is 6.19 Å². The molecule has 232 valence electrons. The van der Waals surface area contributed by atoms with Crippen LogP contribution in [0.2, 0.25) is 0 Å². The first kappa shape index (κ1) is 38.3. The van der Waals surface area contributed by atoms with Gasteiger partial charge in [-0.05, 0) is 12.8 Å². The molecule has 0 aliphatic heterocycles. The van der Waals surface area contributed by atoms with E-state index in [-0.39, 0.29) is 0 Å². The van der Waals surface area contributed by atoms with Gasteiger partial charge in [-0.25, -0.2) is 0 Å². The van der Waals surface area contributed by atoms with Gasteiger partial charge in [0.1, 0.15) is 0 Å². The van der Waals surface area contributed by atoms with E-state index in [1.165, 1.54) is 205 Å². The molecular weight excluding hydrogens is 472 g/mol. The van der Waals surface area contributed by atoms with Crippen molar-refractivity contribution >= 4 is 0 Å². The molecule has 39 heavy (non-hydrogen) atoms. The Kier molecular flexibility index (Phi) is 34.7. The van der Waals surface area contributed by atoms with Crippen LogP contribution in [0.15, 0.2) is 0 Å². The maximum atomic E-state index is 9.45. The van der Waals surface area contributed by atoms with Crippen molar-refractivity contribution in [3.63, 3.8) is 0 Å². The van der Waals surface area contributed by atoms with Gasteiger partial charge in [-0.2, -0.15) is 5.26 Å². The maximum absolute atomic E-state index is 9.45. The molecule has 2 nitrogen and oxygen atoms in total. The zero-order valence-electron chi connectivity index (χ0n) is 27.4. The highest BCUT2D eigenvalue weighted by Crippen LogP contribution is 2.15. The first-order chi connectivity index (χ1) is 19.3. The fourth-order valence-electron chi connectivity index (χ4n) is 5.91. The summed E-state index contributed by atoms with van der Waals surface area (Å²) >= 11 is 0. The van der Waals surface area contributed by atoms with E-state index in [9.17, 15) is 5.26 Å². The van der Waals surface area contributed by atoms with Crippen LogP contribution >= 0.6 is 0 Å². The highest BCUT2D eigenvalue weighted by Gasteiger charge is 2.02. The van der Waals surface area contributed by atoms with Gasteiger partial charge in [0.2, 0.25) is 0 Å². The normalized spacial score (nSPS) is 11.2. The Bertz CT molecular complexity index is 433. The van der Waals surface area contributed by atoms with Gasteiger partial charge in [-0.3, -0.25) is 0 Å². The molecule has 0 unspecified atom stereocenters.